The van der Waals surface area contributed by atoms with Crippen LogP contribution in [0.15, 0.2) is 36.1 Å². The van der Waals surface area contributed by atoms with Crippen LogP contribution in [0, 0.1) is 5.92 Å². The molecule has 28 heavy (non-hydrogen) atoms. The molecule has 0 spiro atoms. The lowest BCUT2D eigenvalue weighted by molar-refractivity contribution is -0.131. The van der Waals surface area contributed by atoms with Crippen molar-refractivity contribution in [3.63, 3.8) is 0 Å². The maximum atomic E-state index is 13.0. The molecule has 0 aromatic carbocycles. The van der Waals surface area contributed by atoms with Gasteiger partial charge in [-0.25, -0.2) is 16.8 Å². The van der Waals surface area contributed by atoms with Crippen molar-refractivity contribution in [2.24, 2.45) is 5.92 Å². The minimum Gasteiger partial charge on any atom is -0.341 e. The molecule has 156 valence electrons. The summed E-state index contributed by atoms with van der Waals surface area (Å²) in [6.07, 6.45) is 4.73. The number of rotatable bonds is 5. The van der Waals surface area contributed by atoms with Crippen LogP contribution in [0.3, 0.4) is 0 Å². The van der Waals surface area contributed by atoms with E-state index in [9.17, 15) is 26.4 Å². The van der Waals surface area contributed by atoms with Crippen molar-refractivity contribution in [3.8, 4) is 0 Å². The van der Waals surface area contributed by atoms with Gasteiger partial charge in [0.15, 0.2) is 15.6 Å². The SMILES string of the molecule is C=C/C=C1/C(=O)C(CCC(=O)N2CCS(=O)(=O)CC2)[C@@H](C)N([SH](=O)=O)/C1=C/C. The minimum atomic E-state index is -3.09. The van der Waals surface area contributed by atoms with Crippen LogP contribution in [0.4, 0.5) is 0 Å². The zero-order chi connectivity index (χ0) is 21.1. The van der Waals surface area contributed by atoms with Crippen LogP contribution in [-0.2, 0) is 30.3 Å². The Balaban J connectivity index is 2.17. The van der Waals surface area contributed by atoms with Gasteiger partial charge < -0.3 is 4.90 Å². The number of sulfone groups is 1. The van der Waals surface area contributed by atoms with Gasteiger partial charge in [0.05, 0.1) is 23.2 Å². The molecule has 2 rings (SSSR count). The first kappa shape index (κ1) is 22.4. The number of hydrogen-bond donors (Lipinski definition) is 1. The lowest BCUT2D eigenvalue weighted by Crippen LogP contribution is -2.48. The van der Waals surface area contributed by atoms with Crippen LogP contribution in [-0.4, -0.2) is 68.4 Å². The largest absolute Gasteiger partial charge is 0.341 e. The summed E-state index contributed by atoms with van der Waals surface area (Å²) in [6.45, 7) is 7.20. The van der Waals surface area contributed by atoms with E-state index in [4.69, 9.17) is 0 Å². The average Bonchev–Trinajstić information content (AvgIpc) is 2.62. The van der Waals surface area contributed by atoms with E-state index in [0.29, 0.717) is 5.70 Å². The molecule has 2 fully saturated rings. The highest BCUT2D eigenvalue weighted by atomic mass is 32.2. The average molecular weight is 431 g/mol. The van der Waals surface area contributed by atoms with Crippen LogP contribution in [0.5, 0.6) is 0 Å². The standard InChI is InChI=1S/C18H26N2O6S2/c1-4-6-15-16(5-2)20(27(23)24)13(3)14(18(15)22)7-8-17(21)19-9-11-28(25,26)12-10-19/h4-6,13-14,27H,1,7-12H2,2-3H3/b15-6+,16-5+/t13-,14?/m1/s1. The summed E-state index contributed by atoms with van der Waals surface area (Å²) < 4.78 is 47.8. The maximum Gasteiger partial charge on any atom is 0.225 e. The summed E-state index contributed by atoms with van der Waals surface area (Å²) in [6, 6.07) is -0.615. The van der Waals surface area contributed by atoms with Gasteiger partial charge in [-0.05, 0) is 26.3 Å². The van der Waals surface area contributed by atoms with Crippen LogP contribution >= 0.6 is 0 Å². The third-order valence-corrected chi connectivity index (χ3v) is 7.73. The predicted octanol–water partition coefficient (Wildman–Crippen LogP) is 0.456. The number of allylic oxidation sites excluding steroid dienone is 4. The molecule has 2 heterocycles. The van der Waals surface area contributed by atoms with Gasteiger partial charge >= 0.3 is 0 Å². The van der Waals surface area contributed by atoms with Gasteiger partial charge in [0, 0.05) is 31.0 Å². The van der Waals surface area contributed by atoms with E-state index in [0.717, 1.165) is 0 Å². The van der Waals surface area contributed by atoms with Gasteiger partial charge in [0.25, 0.3) is 0 Å². The Morgan fingerprint density at radius 2 is 1.89 bits per heavy atom. The molecule has 0 bridgehead atoms. The normalized spacial score (nSPS) is 28.2. The highest BCUT2D eigenvalue weighted by molar-refractivity contribution is 7.91. The van der Waals surface area contributed by atoms with Gasteiger partial charge in [-0.15, -0.1) is 0 Å². The van der Waals surface area contributed by atoms with Gasteiger partial charge in [0.2, 0.25) is 16.8 Å². The molecule has 10 heteroatoms. The van der Waals surface area contributed by atoms with E-state index >= 15 is 0 Å². The van der Waals surface area contributed by atoms with Crippen molar-refractivity contribution in [2.75, 3.05) is 24.6 Å². The van der Waals surface area contributed by atoms with Gasteiger partial charge in [-0.1, -0.05) is 18.7 Å². The number of Topliss-reactive ketones (excluding diaryl/α,β-unsaturated/α-hetero) is 1. The number of thiol groups is 1. The quantitative estimate of drug-likeness (QED) is 0.501. The summed E-state index contributed by atoms with van der Waals surface area (Å²) in [7, 11) is -6.05. The summed E-state index contributed by atoms with van der Waals surface area (Å²) in [5, 5.41) is 0. The summed E-state index contributed by atoms with van der Waals surface area (Å²) in [5.74, 6) is -1.22. The van der Waals surface area contributed by atoms with Crippen LogP contribution in [0.25, 0.3) is 0 Å². The number of nitrogens with zero attached hydrogens (tertiary/aromatic N) is 2. The van der Waals surface area contributed by atoms with E-state index in [2.05, 4.69) is 6.58 Å². The molecule has 0 aliphatic carbocycles. The Morgan fingerprint density at radius 3 is 2.39 bits per heavy atom. The van der Waals surface area contributed by atoms with Gasteiger partial charge in [-0.3, -0.25) is 13.9 Å². The first-order valence-electron chi connectivity index (χ1n) is 9.08. The molecule has 2 saturated heterocycles. The number of ketones is 1. The molecule has 0 N–H and O–H groups in total. The molecule has 1 unspecified atom stereocenters. The Kier molecular flexibility index (Phi) is 7.22. The first-order chi connectivity index (χ1) is 13.1. The number of piperidine rings is 1. The zero-order valence-corrected chi connectivity index (χ0v) is 17.7. The first-order valence-corrected chi connectivity index (χ1v) is 12.0. The lowest BCUT2D eigenvalue weighted by Gasteiger charge is -2.39. The van der Waals surface area contributed by atoms with Crippen molar-refractivity contribution < 1.29 is 26.4 Å². The highest BCUT2D eigenvalue weighted by Crippen LogP contribution is 2.34. The van der Waals surface area contributed by atoms with E-state index in [1.807, 2.05) is 0 Å². The van der Waals surface area contributed by atoms with Gasteiger partial charge in [-0.2, -0.15) is 0 Å². The number of amides is 1. The smallest absolute Gasteiger partial charge is 0.225 e. The Morgan fingerprint density at radius 1 is 1.29 bits per heavy atom. The van der Waals surface area contributed by atoms with Crippen LogP contribution in [0.1, 0.15) is 26.7 Å². The fraction of sp³-hybridized carbons (Fsp3) is 0.556. The molecule has 2 atom stereocenters. The van der Waals surface area contributed by atoms with E-state index < -0.39 is 32.7 Å². The topological polar surface area (TPSA) is 109 Å². The third kappa shape index (κ3) is 4.72. The molecule has 0 aromatic heterocycles. The molecule has 0 radical (unpaired) electrons. The van der Waals surface area contributed by atoms with Crippen molar-refractivity contribution in [1.82, 2.24) is 9.21 Å². The molecule has 2 aliphatic rings. The Labute approximate surface area is 167 Å². The summed E-state index contributed by atoms with van der Waals surface area (Å²) >= 11 is 0. The monoisotopic (exact) mass is 430 g/mol. The van der Waals surface area contributed by atoms with Crippen molar-refractivity contribution >= 4 is 32.4 Å². The number of hydrogen-bond acceptors (Lipinski definition) is 6. The van der Waals surface area contributed by atoms with Crippen molar-refractivity contribution in [3.05, 3.63) is 36.1 Å². The van der Waals surface area contributed by atoms with Crippen LogP contribution in [0.2, 0.25) is 0 Å². The van der Waals surface area contributed by atoms with Crippen molar-refractivity contribution in [1.29, 1.82) is 0 Å². The summed E-state index contributed by atoms with van der Waals surface area (Å²) in [5.41, 5.74) is 0.577. The second kappa shape index (κ2) is 9.04. The van der Waals surface area contributed by atoms with E-state index in [-0.39, 0.29) is 54.7 Å². The Hall–Kier alpha value is -1.94. The molecule has 1 amide bonds. The minimum absolute atomic E-state index is 0.0524. The van der Waals surface area contributed by atoms with E-state index in [1.54, 1.807) is 19.9 Å². The molecule has 8 nitrogen and oxygen atoms in total. The van der Waals surface area contributed by atoms with Crippen LogP contribution < -0.4 is 0 Å². The molecule has 0 aromatic rings. The third-order valence-electron chi connectivity index (χ3n) is 5.19. The van der Waals surface area contributed by atoms with Gasteiger partial charge in [0.1, 0.15) is 0 Å². The highest BCUT2D eigenvalue weighted by Gasteiger charge is 2.41. The maximum absolute atomic E-state index is 13.0. The zero-order valence-electron chi connectivity index (χ0n) is 16.0. The fourth-order valence-corrected chi connectivity index (χ4v) is 5.70. The number of carbonyl (C=O) groups excluding carboxylic acids is 2. The second-order valence-electron chi connectivity index (χ2n) is 6.85. The molecular formula is C18H26N2O6S2. The lowest BCUT2D eigenvalue weighted by atomic mass is 9.82. The molecular weight excluding hydrogens is 404 g/mol. The van der Waals surface area contributed by atoms with E-state index in [1.165, 1.54) is 21.4 Å². The second-order valence-corrected chi connectivity index (χ2v) is 10.1. The molecule has 0 saturated carbocycles. The summed E-state index contributed by atoms with van der Waals surface area (Å²) in [4.78, 5) is 26.9. The Bertz CT molecular complexity index is 879. The predicted molar refractivity (Wildman–Crippen MR) is 107 cm³/mol. The fourth-order valence-electron chi connectivity index (χ4n) is 3.64. The number of carbonyl (C=O) groups is 2. The molecule has 2 aliphatic heterocycles. The van der Waals surface area contributed by atoms with Crippen molar-refractivity contribution in [2.45, 2.75) is 32.7 Å².